The minimum Gasteiger partial charge on any atom is -0.464 e. The number of aromatic amines is 2. The standard InChI is InChI=1S/C53H62FN9O8S.3H2S/c1-8-33-14-16-42(72-33)50-63-37-15-13-29(35-26-55-46(57-35)39-12-10-19-62(39)49(65)45(60-52(67)69-7)30-17-20-70-53(4,5)25-30)21-32(37)23-40(63)43-34(54)22-31(24-41(43)71-50)36-27-56-47(58-36)38-11-9-18-61(38)48(64)44(28(2)3)59-51(66)68-6;;;/h13-16,21-24,26-28,30,38-39,44-45,50H,8-12,17-20,25H2,1-7H3,(H,55,57)(H,56,58)(H,59,66)(H,60,67);3*1H2/t30?,38-,39-,44-,45?,50?;;;/m0.../s1. The largest absolute Gasteiger partial charge is 0.464 e. The fourth-order valence-electron chi connectivity index (χ4n) is 11.1. The summed E-state index contributed by atoms with van der Waals surface area (Å²) in [6.07, 6.45) is 6.57. The Kier molecular flexibility index (Phi) is 17.7. The van der Waals surface area contributed by atoms with Gasteiger partial charge in [0.25, 0.3) is 0 Å². The maximum atomic E-state index is 16.9. The summed E-state index contributed by atoms with van der Waals surface area (Å²) in [5.74, 6) is 0.469. The number of halogens is 1. The number of carbonyl (C=O) groups is 4. The highest BCUT2D eigenvalue weighted by molar-refractivity contribution is 7.59. The third kappa shape index (κ3) is 11.1. The monoisotopic (exact) mass is 1110 g/mol. The van der Waals surface area contributed by atoms with E-state index in [-0.39, 0.29) is 76.2 Å². The third-order valence-corrected chi connectivity index (χ3v) is 16.0. The molecule has 4 N–H and O–H groups in total. The number of methoxy groups -OCH3 is 2. The lowest BCUT2D eigenvalue weighted by atomic mass is 9.82. The van der Waals surface area contributed by atoms with E-state index < -0.39 is 41.9 Å². The average Bonchev–Trinajstić information content (AvgIpc) is 4.23. The van der Waals surface area contributed by atoms with Crippen molar-refractivity contribution in [1.29, 1.82) is 0 Å². The minimum absolute atomic E-state index is 0. The molecular formula is C53H68FN9O8S4. The number of likely N-dealkylation sites (tertiary alicyclic amines) is 2. The van der Waals surface area contributed by atoms with Gasteiger partial charge in [0, 0.05) is 41.1 Å². The van der Waals surface area contributed by atoms with Gasteiger partial charge in [0.1, 0.15) is 35.3 Å². The lowest BCUT2D eigenvalue weighted by Gasteiger charge is -2.40. The van der Waals surface area contributed by atoms with Crippen molar-refractivity contribution in [3.05, 3.63) is 88.1 Å². The van der Waals surface area contributed by atoms with Gasteiger partial charge < -0.3 is 49.3 Å². The zero-order valence-corrected chi connectivity index (χ0v) is 47.0. The number of aromatic nitrogens is 5. The second kappa shape index (κ2) is 23.3. The molecule has 4 aliphatic heterocycles. The van der Waals surface area contributed by atoms with Crippen LogP contribution in [0.25, 0.3) is 44.7 Å². The molecular weight excluding hydrogens is 1040 g/mol. The first-order valence-electron chi connectivity index (χ1n) is 24.9. The van der Waals surface area contributed by atoms with Crippen LogP contribution in [-0.2, 0) is 30.2 Å². The number of benzene rings is 2. The number of hydrogen-bond acceptors (Lipinski definition) is 11. The number of amides is 4. The fraction of sp³-hybridized carbons (Fsp3) is 0.472. The average molecular weight is 1110 g/mol. The molecule has 22 heteroatoms. The summed E-state index contributed by atoms with van der Waals surface area (Å²) < 4.78 is 41.6. The molecule has 0 saturated carbocycles. The lowest BCUT2D eigenvalue weighted by Crippen LogP contribution is -2.54. The number of alkyl carbamates (subject to hydrolysis) is 2. The molecule has 8 heterocycles. The Morgan fingerprint density at radius 3 is 2.09 bits per heavy atom. The maximum Gasteiger partial charge on any atom is 0.407 e. The third-order valence-electron chi connectivity index (χ3n) is 14.7. The Bertz CT molecular complexity index is 3050. The number of rotatable bonds is 12. The van der Waals surface area contributed by atoms with Gasteiger partial charge in [-0.1, -0.05) is 26.8 Å². The molecule has 6 atom stereocenters. The van der Waals surface area contributed by atoms with Crippen LogP contribution in [0.2, 0.25) is 0 Å². The van der Waals surface area contributed by atoms with E-state index in [2.05, 4.69) is 50.3 Å². The molecule has 4 aliphatic rings. The van der Waals surface area contributed by atoms with Crippen molar-refractivity contribution in [2.75, 3.05) is 33.9 Å². The van der Waals surface area contributed by atoms with Crippen LogP contribution in [-0.4, -0.2) is 110 Å². The molecule has 3 unspecified atom stereocenters. The van der Waals surface area contributed by atoms with Gasteiger partial charge >= 0.3 is 12.2 Å². The van der Waals surface area contributed by atoms with E-state index in [1.54, 1.807) is 28.6 Å². The first-order chi connectivity index (χ1) is 34.6. The van der Waals surface area contributed by atoms with Gasteiger partial charge in [0.05, 0.1) is 77.3 Å². The molecule has 0 spiro atoms. The first kappa shape index (κ1) is 57.0. The molecule has 75 heavy (non-hydrogen) atoms. The van der Waals surface area contributed by atoms with Crippen LogP contribution < -0.4 is 15.4 Å². The molecule has 4 aromatic heterocycles. The molecule has 3 saturated heterocycles. The second-order valence-electron chi connectivity index (χ2n) is 20.2. The summed E-state index contributed by atoms with van der Waals surface area (Å²) in [6.45, 7) is 11.4. The van der Waals surface area contributed by atoms with Gasteiger partial charge in [-0.2, -0.15) is 40.5 Å². The Morgan fingerprint density at radius 1 is 0.840 bits per heavy atom. The van der Waals surface area contributed by atoms with Crippen LogP contribution in [0.5, 0.6) is 5.75 Å². The van der Waals surface area contributed by atoms with Crippen molar-refractivity contribution in [2.45, 2.75) is 116 Å². The van der Waals surface area contributed by atoms with Crippen molar-refractivity contribution in [3.8, 4) is 39.5 Å². The number of hydrogen-bond donors (Lipinski definition) is 4. The van der Waals surface area contributed by atoms with Crippen LogP contribution >= 0.6 is 51.8 Å². The normalized spacial score (nSPS) is 20.4. The number of carbonyl (C=O) groups excluding carboxylic acids is 4. The maximum absolute atomic E-state index is 16.9. The smallest absolute Gasteiger partial charge is 0.407 e. The molecule has 17 nitrogen and oxygen atoms in total. The zero-order valence-electron chi connectivity index (χ0n) is 43.2. The van der Waals surface area contributed by atoms with Crippen molar-refractivity contribution in [2.24, 2.45) is 11.8 Å². The number of fused-ring (bicyclic) bond motifs is 5. The van der Waals surface area contributed by atoms with Gasteiger partial charge in [0.2, 0.25) is 18.0 Å². The van der Waals surface area contributed by atoms with Gasteiger partial charge in [-0.25, -0.2) is 23.9 Å². The Morgan fingerprint density at radius 2 is 1.48 bits per heavy atom. The highest BCUT2D eigenvalue weighted by Crippen LogP contribution is 2.48. The van der Waals surface area contributed by atoms with Crippen molar-refractivity contribution >= 4 is 86.7 Å². The predicted octanol–water partition coefficient (Wildman–Crippen LogP) is 9.77. The predicted molar refractivity (Wildman–Crippen MR) is 300 cm³/mol. The molecule has 2 aromatic carbocycles. The first-order valence-corrected chi connectivity index (χ1v) is 25.8. The summed E-state index contributed by atoms with van der Waals surface area (Å²) in [4.78, 5) is 75.2. The molecule has 4 amide bonds. The highest BCUT2D eigenvalue weighted by atomic mass is 32.1. The van der Waals surface area contributed by atoms with Crippen LogP contribution in [0.4, 0.5) is 14.0 Å². The van der Waals surface area contributed by atoms with E-state index in [1.165, 1.54) is 25.2 Å². The molecule has 404 valence electrons. The summed E-state index contributed by atoms with van der Waals surface area (Å²) >= 11 is 1.66. The summed E-state index contributed by atoms with van der Waals surface area (Å²) in [5, 5.41) is 6.42. The van der Waals surface area contributed by atoms with E-state index in [1.807, 2.05) is 56.9 Å². The number of nitrogens with zero attached hydrogens (tertiary/aromatic N) is 5. The van der Waals surface area contributed by atoms with E-state index in [4.69, 9.17) is 28.9 Å². The summed E-state index contributed by atoms with van der Waals surface area (Å²) in [7, 11) is 2.57. The molecule has 6 aromatic rings. The van der Waals surface area contributed by atoms with Crippen LogP contribution in [0.1, 0.15) is 113 Å². The second-order valence-corrected chi connectivity index (χ2v) is 21.4. The highest BCUT2D eigenvalue weighted by Gasteiger charge is 2.43. The Labute approximate surface area is 460 Å². The molecule has 0 radical (unpaired) electrons. The zero-order chi connectivity index (χ0) is 50.6. The number of thiophene rings is 1. The van der Waals surface area contributed by atoms with Crippen molar-refractivity contribution in [1.82, 2.24) is 44.9 Å². The summed E-state index contributed by atoms with van der Waals surface area (Å²) in [6, 6.07) is 13.4. The van der Waals surface area contributed by atoms with E-state index in [9.17, 15) is 19.2 Å². The molecule has 0 aliphatic carbocycles. The molecule has 3 fully saturated rings. The molecule has 0 bridgehead atoms. The van der Waals surface area contributed by atoms with E-state index in [0.29, 0.717) is 85.3 Å². The van der Waals surface area contributed by atoms with Gasteiger partial charge in [0.15, 0.2) is 0 Å². The molecule has 10 rings (SSSR count). The number of aryl methyl sites for hydroxylation is 1. The van der Waals surface area contributed by atoms with Gasteiger partial charge in [-0.3, -0.25) is 14.2 Å². The fourth-order valence-corrected chi connectivity index (χ4v) is 12.1. The number of imidazole rings is 2. The number of ether oxygens (including phenoxy) is 4. The van der Waals surface area contributed by atoms with Gasteiger partial charge in [-0.05, 0) is 113 Å². The van der Waals surface area contributed by atoms with Crippen LogP contribution in [0.15, 0.2) is 60.9 Å². The van der Waals surface area contributed by atoms with Crippen molar-refractivity contribution in [3.63, 3.8) is 0 Å². The van der Waals surface area contributed by atoms with E-state index >= 15 is 4.39 Å². The Balaban J connectivity index is 0.00000273. The quantitative estimate of drug-likeness (QED) is 0.0915. The summed E-state index contributed by atoms with van der Waals surface area (Å²) in [5.41, 5.74) is 4.19. The van der Waals surface area contributed by atoms with Crippen LogP contribution in [0, 0.1) is 17.7 Å². The number of H-pyrrole nitrogens is 2. The van der Waals surface area contributed by atoms with E-state index in [0.717, 1.165) is 46.3 Å². The SMILES string of the molecule is CCc1ccc(C2Oc3cc(-c4cnc([C@@H]5CCCN5C(=O)[C@@H](NC(=O)OC)C(C)C)[nH]4)cc(F)c3-c3cc4cc(-c5cnc([C@@H]6CCCN6C(=O)C(NC(=O)OC)C6CCOC(C)(C)C6)[nH]5)ccc4n32)s1.S.S.S. The topological polar surface area (TPSA) is 198 Å². The lowest BCUT2D eigenvalue weighted by molar-refractivity contribution is -0.139. The van der Waals surface area contributed by atoms with Gasteiger partial charge in [-0.15, -0.1) is 11.3 Å². The van der Waals surface area contributed by atoms with Crippen LogP contribution in [0.3, 0.4) is 0 Å². The minimum atomic E-state index is -0.774. The van der Waals surface area contributed by atoms with Crippen molar-refractivity contribution < 1.29 is 42.5 Å². The number of nitrogens with one attached hydrogen (secondary N) is 4. The Hall–Kier alpha value is -5.68.